The molecule has 1 unspecified atom stereocenters. The molecular weight excluding hydrogens is 519 g/mol. The second-order valence-electron chi connectivity index (χ2n) is 11.2. The van der Waals surface area contributed by atoms with E-state index in [2.05, 4.69) is 48.3 Å². The molecule has 2 heterocycles. The molecule has 4 atom stereocenters. The van der Waals surface area contributed by atoms with Gasteiger partial charge in [0.05, 0.1) is 6.04 Å². The summed E-state index contributed by atoms with van der Waals surface area (Å²) in [5.41, 5.74) is 9.63. The highest BCUT2D eigenvalue weighted by atomic mass is 35.5. The Morgan fingerprint density at radius 1 is 1.16 bits per heavy atom. The summed E-state index contributed by atoms with van der Waals surface area (Å²) < 4.78 is 0. The van der Waals surface area contributed by atoms with E-state index in [9.17, 15) is 9.59 Å². The van der Waals surface area contributed by atoms with Gasteiger partial charge in [-0.3, -0.25) is 14.5 Å². The van der Waals surface area contributed by atoms with Crippen LogP contribution in [0.2, 0.25) is 5.02 Å². The number of nitrogens with two attached hydrogens (primary N) is 1. The summed E-state index contributed by atoms with van der Waals surface area (Å²) in [5.74, 6) is 0.223. The van der Waals surface area contributed by atoms with Crippen LogP contribution < -0.4 is 11.1 Å². The number of hydrogen-bond donors (Lipinski definition) is 2. The van der Waals surface area contributed by atoms with Gasteiger partial charge < -0.3 is 16.0 Å². The Morgan fingerprint density at radius 3 is 2.58 bits per heavy atom. The van der Waals surface area contributed by atoms with Crippen LogP contribution in [0.1, 0.15) is 56.2 Å². The maximum Gasteiger partial charge on any atom is 0.243 e. The quantitative estimate of drug-likeness (QED) is 0.464. The maximum atomic E-state index is 13.9. The first-order valence-corrected chi connectivity index (χ1v) is 14.0. The Morgan fingerprint density at radius 2 is 1.89 bits per heavy atom. The van der Waals surface area contributed by atoms with Gasteiger partial charge in [-0.05, 0) is 67.7 Å². The van der Waals surface area contributed by atoms with Gasteiger partial charge >= 0.3 is 0 Å². The minimum absolute atomic E-state index is 0. The molecule has 38 heavy (non-hydrogen) atoms. The van der Waals surface area contributed by atoms with E-state index < -0.39 is 6.04 Å². The minimum Gasteiger partial charge on any atom is -0.350 e. The Labute approximate surface area is 238 Å². The van der Waals surface area contributed by atoms with E-state index in [0.717, 1.165) is 36.9 Å². The molecule has 3 N–H and O–H groups in total. The third kappa shape index (κ3) is 7.50. The Hall–Kier alpha value is -2.12. The average molecular weight is 562 g/mol. The number of benzene rings is 2. The predicted molar refractivity (Wildman–Crippen MR) is 156 cm³/mol. The van der Waals surface area contributed by atoms with Crippen molar-refractivity contribution in [1.29, 1.82) is 0 Å². The Bertz CT molecular complexity index is 1080. The SMILES string of the molecule is Cc1ccc(CNC(=O)[C@@H](CC(C)C)N2CCC(CCc3ccccc3)N3C[C@H](N)C[C@H]3C2=O)cc1Cl.Cl. The highest BCUT2D eigenvalue weighted by molar-refractivity contribution is 6.31. The van der Waals surface area contributed by atoms with Gasteiger partial charge in [0.1, 0.15) is 6.04 Å². The number of nitrogens with one attached hydrogen (secondary N) is 1. The topological polar surface area (TPSA) is 78.7 Å². The fourth-order valence-electron chi connectivity index (χ4n) is 5.77. The molecule has 2 aliphatic heterocycles. The average Bonchev–Trinajstić information content (AvgIpc) is 3.22. The van der Waals surface area contributed by atoms with Crippen molar-refractivity contribution < 1.29 is 9.59 Å². The van der Waals surface area contributed by atoms with E-state index in [-0.39, 0.29) is 48.3 Å². The lowest BCUT2D eigenvalue weighted by atomic mass is 9.99. The lowest BCUT2D eigenvalue weighted by Gasteiger charge is -2.33. The molecule has 0 aromatic heterocycles. The third-order valence-electron chi connectivity index (χ3n) is 7.80. The number of carbonyl (C=O) groups is 2. The predicted octanol–water partition coefficient (Wildman–Crippen LogP) is 4.74. The normalized spacial score (nSPS) is 22.5. The van der Waals surface area contributed by atoms with Crippen molar-refractivity contribution in [3.8, 4) is 0 Å². The van der Waals surface area contributed by atoms with Gasteiger partial charge in [0.25, 0.3) is 0 Å². The first-order chi connectivity index (χ1) is 17.7. The summed E-state index contributed by atoms with van der Waals surface area (Å²) in [6, 6.07) is 15.8. The summed E-state index contributed by atoms with van der Waals surface area (Å²) >= 11 is 6.28. The summed E-state index contributed by atoms with van der Waals surface area (Å²) in [5, 5.41) is 3.77. The fraction of sp³-hybridized carbons (Fsp3) is 0.533. The van der Waals surface area contributed by atoms with Crippen LogP contribution in [0.15, 0.2) is 48.5 Å². The van der Waals surface area contributed by atoms with E-state index in [4.69, 9.17) is 17.3 Å². The molecule has 6 nitrogen and oxygen atoms in total. The monoisotopic (exact) mass is 560 g/mol. The molecule has 2 amide bonds. The van der Waals surface area contributed by atoms with Crippen LogP contribution in [0.4, 0.5) is 0 Å². The van der Waals surface area contributed by atoms with Crippen LogP contribution in [0.25, 0.3) is 0 Å². The van der Waals surface area contributed by atoms with E-state index in [0.29, 0.717) is 31.0 Å². The number of halogens is 2. The zero-order chi connectivity index (χ0) is 26.5. The maximum absolute atomic E-state index is 13.9. The zero-order valence-corrected chi connectivity index (χ0v) is 24.3. The number of fused-ring (bicyclic) bond motifs is 1. The smallest absolute Gasteiger partial charge is 0.243 e. The van der Waals surface area contributed by atoms with Crippen molar-refractivity contribution in [1.82, 2.24) is 15.1 Å². The summed E-state index contributed by atoms with van der Waals surface area (Å²) in [6.07, 6.45) is 4.06. The molecule has 2 saturated heterocycles. The molecule has 2 aromatic carbocycles. The van der Waals surface area contributed by atoms with E-state index in [1.165, 1.54) is 5.56 Å². The summed E-state index contributed by atoms with van der Waals surface area (Å²) in [4.78, 5) is 31.6. The lowest BCUT2D eigenvalue weighted by Crippen LogP contribution is -2.53. The van der Waals surface area contributed by atoms with Crippen molar-refractivity contribution in [2.45, 2.75) is 83.6 Å². The molecule has 8 heteroatoms. The lowest BCUT2D eigenvalue weighted by molar-refractivity contribution is -0.143. The molecule has 4 rings (SSSR count). The van der Waals surface area contributed by atoms with Crippen LogP contribution in [-0.2, 0) is 22.6 Å². The summed E-state index contributed by atoms with van der Waals surface area (Å²) in [6.45, 7) is 7.86. The molecule has 0 aliphatic carbocycles. The number of carbonyl (C=O) groups excluding carboxylic acids is 2. The zero-order valence-electron chi connectivity index (χ0n) is 22.7. The second kappa shape index (κ2) is 13.8. The summed E-state index contributed by atoms with van der Waals surface area (Å²) in [7, 11) is 0. The van der Waals surface area contributed by atoms with E-state index in [1.54, 1.807) is 0 Å². The first-order valence-electron chi connectivity index (χ1n) is 13.6. The van der Waals surface area contributed by atoms with Crippen molar-refractivity contribution >= 4 is 35.8 Å². The van der Waals surface area contributed by atoms with Crippen LogP contribution in [0.3, 0.4) is 0 Å². The molecular formula is C30H42Cl2N4O2. The second-order valence-corrected chi connectivity index (χ2v) is 11.6. The van der Waals surface area contributed by atoms with Gasteiger partial charge in [-0.1, -0.05) is 67.9 Å². The van der Waals surface area contributed by atoms with Gasteiger partial charge in [-0.2, -0.15) is 0 Å². The first kappa shape index (κ1) is 30.4. The number of aryl methyl sites for hydroxylation is 2. The molecule has 2 aromatic rings. The molecule has 0 radical (unpaired) electrons. The fourth-order valence-corrected chi connectivity index (χ4v) is 5.97. The Kier molecular flexibility index (Phi) is 11.0. The number of rotatable bonds is 9. The van der Waals surface area contributed by atoms with Gasteiger partial charge in [-0.15, -0.1) is 12.4 Å². The van der Waals surface area contributed by atoms with Gasteiger partial charge in [-0.25, -0.2) is 0 Å². The van der Waals surface area contributed by atoms with Gasteiger partial charge in [0.2, 0.25) is 11.8 Å². The largest absolute Gasteiger partial charge is 0.350 e. The van der Waals surface area contributed by atoms with Crippen LogP contribution >= 0.6 is 24.0 Å². The van der Waals surface area contributed by atoms with Crippen molar-refractivity contribution in [3.63, 3.8) is 0 Å². The van der Waals surface area contributed by atoms with Crippen molar-refractivity contribution in [2.24, 2.45) is 11.7 Å². The van der Waals surface area contributed by atoms with Crippen molar-refractivity contribution in [2.75, 3.05) is 13.1 Å². The van der Waals surface area contributed by atoms with Crippen LogP contribution in [0, 0.1) is 12.8 Å². The van der Waals surface area contributed by atoms with Crippen LogP contribution in [0.5, 0.6) is 0 Å². The molecule has 2 aliphatic rings. The standard InChI is InChI=1S/C30H41ClN4O2.ClH/c1-20(2)15-27(29(36)33-18-23-10-9-21(3)26(31)16-23)34-14-13-25(12-11-22-7-5-4-6-8-22)35-19-24(32)17-28(35)30(34)37;/h4-10,16,20,24-25,27-28H,11-15,17-19,32H2,1-3H3,(H,33,36);1H/t24-,25?,27-,28+;/m1./s1. The minimum atomic E-state index is -0.500. The highest BCUT2D eigenvalue weighted by Gasteiger charge is 2.45. The van der Waals surface area contributed by atoms with Gasteiger partial charge in [0, 0.05) is 36.7 Å². The molecule has 0 spiro atoms. The molecule has 0 saturated carbocycles. The number of hydrogen-bond acceptors (Lipinski definition) is 4. The number of nitrogens with zero attached hydrogens (tertiary/aromatic N) is 2. The van der Waals surface area contributed by atoms with Crippen LogP contribution in [-0.4, -0.2) is 58.9 Å². The third-order valence-corrected chi connectivity index (χ3v) is 8.20. The van der Waals surface area contributed by atoms with E-state index >= 15 is 0 Å². The van der Waals surface area contributed by atoms with Crippen molar-refractivity contribution in [3.05, 3.63) is 70.2 Å². The number of amides is 2. The molecule has 208 valence electrons. The molecule has 0 bridgehead atoms. The van der Waals surface area contributed by atoms with E-state index in [1.807, 2.05) is 36.1 Å². The molecule has 2 fully saturated rings. The Balaban J connectivity index is 0.00000400. The highest BCUT2D eigenvalue weighted by Crippen LogP contribution is 2.30. The van der Waals surface area contributed by atoms with Gasteiger partial charge in [0.15, 0.2) is 0 Å².